The topological polar surface area (TPSA) is 12.9 Å². The maximum Gasteiger partial charge on any atom is 0.125 e. The number of aromatic nitrogens is 1. The van der Waals surface area contributed by atoms with Crippen LogP contribution in [0.2, 0.25) is 5.02 Å². The predicted molar refractivity (Wildman–Crippen MR) is 46.7 cm³/mol. The minimum Gasteiger partial charge on any atom is -0.255 e. The monoisotopic (exact) mass is 181 g/mol. The van der Waals surface area contributed by atoms with E-state index < -0.39 is 0 Å². The minimum absolute atomic E-state index is 0.333. The van der Waals surface area contributed by atoms with Crippen molar-refractivity contribution in [1.82, 2.24) is 4.98 Å². The Balaban J connectivity index is 2.89. The lowest BCUT2D eigenvalue weighted by atomic mass is 10.2. The first-order valence-corrected chi connectivity index (χ1v) is 3.85. The molecule has 0 aliphatic heterocycles. The molecule has 60 valence electrons. The van der Waals surface area contributed by atoms with Gasteiger partial charge in [0.05, 0.1) is 10.5 Å². The van der Waals surface area contributed by atoms with Crippen molar-refractivity contribution < 1.29 is 4.39 Å². The summed E-state index contributed by atoms with van der Waals surface area (Å²) in [6.45, 7) is 0. The highest BCUT2D eigenvalue weighted by Crippen LogP contribution is 2.22. The molecule has 0 saturated carbocycles. The van der Waals surface area contributed by atoms with Crippen molar-refractivity contribution in [3.63, 3.8) is 0 Å². The van der Waals surface area contributed by atoms with E-state index in [2.05, 4.69) is 4.98 Å². The van der Waals surface area contributed by atoms with Crippen molar-refractivity contribution in [1.29, 1.82) is 0 Å². The average Bonchev–Trinajstić information content (AvgIpc) is 2.04. The summed E-state index contributed by atoms with van der Waals surface area (Å²) < 4.78 is 12.8. The molecule has 3 heteroatoms. The van der Waals surface area contributed by atoms with Crippen LogP contribution >= 0.6 is 11.6 Å². The second-order valence-corrected chi connectivity index (χ2v) is 2.87. The fourth-order valence-corrected chi connectivity index (χ4v) is 1.38. The molecule has 1 nitrogen and oxygen atoms in total. The van der Waals surface area contributed by atoms with Crippen LogP contribution in [0.25, 0.3) is 10.9 Å². The van der Waals surface area contributed by atoms with Gasteiger partial charge in [0.2, 0.25) is 0 Å². The molecule has 0 saturated heterocycles. The van der Waals surface area contributed by atoms with Gasteiger partial charge in [0.25, 0.3) is 0 Å². The smallest absolute Gasteiger partial charge is 0.125 e. The Morgan fingerprint density at radius 3 is 3.00 bits per heavy atom. The molecule has 0 radical (unpaired) electrons. The quantitative estimate of drug-likeness (QED) is 0.609. The normalized spacial score (nSPS) is 10.5. The number of benzene rings is 1. The average molecular weight is 182 g/mol. The van der Waals surface area contributed by atoms with Crippen LogP contribution in [-0.2, 0) is 0 Å². The third-order valence-electron chi connectivity index (χ3n) is 1.62. The second kappa shape index (κ2) is 2.72. The van der Waals surface area contributed by atoms with Crippen LogP contribution in [0.5, 0.6) is 0 Å². The van der Waals surface area contributed by atoms with Gasteiger partial charge in [-0.1, -0.05) is 17.7 Å². The van der Waals surface area contributed by atoms with Crippen LogP contribution in [0.4, 0.5) is 4.39 Å². The zero-order chi connectivity index (χ0) is 8.55. The molecule has 0 aliphatic rings. The van der Waals surface area contributed by atoms with Crippen LogP contribution in [0.3, 0.4) is 0 Å². The first kappa shape index (κ1) is 7.50. The standard InChI is InChI=1S/C9H5ClFN/c10-8-5-7(11)4-6-2-1-3-12-9(6)8/h1-5H. The molecule has 1 heterocycles. The summed E-state index contributed by atoms with van der Waals surface area (Å²) >= 11 is 5.76. The Bertz CT molecular complexity index is 428. The van der Waals surface area contributed by atoms with Crippen molar-refractivity contribution >= 4 is 22.5 Å². The third-order valence-corrected chi connectivity index (χ3v) is 1.91. The summed E-state index contributed by atoms with van der Waals surface area (Å²) in [5.74, 6) is -0.333. The van der Waals surface area contributed by atoms with E-state index in [1.807, 2.05) is 0 Å². The Hall–Kier alpha value is -1.15. The molecule has 12 heavy (non-hydrogen) atoms. The first-order chi connectivity index (χ1) is 5.77. The van der Waals surface area contributed by atoms with Gasteiger partial charge in [0, 0.05) is 11.6 Å². The number of fused-ring (bicyclic) bond motifs is 1. The lowest BCUT2D eigenvalue weighted by molar-refractivity contribution is 0.629. The molecule has 0 N–H and O–H groups in total. The molecule has 1 aromatic carbocycles. The molecule has 0 bridgehead atoms. The van der Waals surface area contributed by atoms with Gasteiger partial charge >= 0.3 is 0 Å². The molecule has 0 atom stereocenters. The van der Waals surface area contributed by atoms with Crippen LogP contribution < -0.4 is 0 Å². The number of nitrogens with zero attached hydrogens (tertiary/aromatic N) is 1. The third kappa shape index (κ3) is 1.14. The molecular formula is C9H5ClFN. The SMILES string of the molecule is Fc1cc(Cl)c2ncccc2c1. The predicted octanol–water partition coefficient (Wildman–Crippen LogP) is 3.03. The van der Waals surface area contributed by atoms with Gasteiger partial charge in [0.15, 0.2) is 0 Å². The van der Waals surface area contributed by atoms with Crippen LogP contribution in [0.1, 0.15) is 0 Å². The Morgan fingerprint density at radius 2 is 2.17 bits per heavy atom. The lowest BCUT2D eigenvalue weighted by Crippen LogP contribution is -1.81. The van der Waals surface area contributed by atoms with Crippen molar-refractivity contribution in [2.24, 2.45) is 0 Å². The van der Waals surface area contributed by atoms with Crippen molar-refractivity contribution in [3.05, 3.63) is 41.3 Å². The summed E-state index contributed by atoms with van der Waals surface area (Å²) in [6, 6.07) is 6.19. The molecule has 0 aliphatic carbocycles. The molecule has 2 aromatic rings. The zero-order valence-electron chi connectivity index (χ0n) is 6.09. The van der Waals surface area contributed by atoms with Crippen molar-refractivity contribution in [3.8, 4) is 0 Å². The molecule has 0 fully saturated rings. The van der Waals surface area contributed by atoms with Gasteiger partial charge in [-0.2, -0.15) is 0 Å². The largest absolute Gasteiger partial charge is 0.255 e. The highest BCUT2D eigenvalue weighted by molar-refractivity contribution is 6.35. The Labute approximate surface area is 73.8 Å². The number of halogens is 2. The highest BCUT2D eigenvalue weighted by atomic mass is 35.5. The number of rotatable bonds is 0. The highest BCUT2D eigenvalue weighted by Gasteiger charge is 2.01. The first-order valence-electron chi connectivity index (χ1n) is 3.47. The fourth-order valence-electron chi connectivity index (χ4n) is 1.11. The van der Waals surface area contributed by atoms with Crippen molar-refractivity contribution in [2.75, 3.05) is 0 Å². The van der Waals surface area contributed by atoms with Gasteiger partial charge in [-0.15, -0.1) is 0 Å². The lowest BCUT2D eigenvalue weighted by Gasteiger charge is -1.98. The fraction of sp³-hybridized carbons (Fsp3) is 0. The summed E-state index contributed by atoms with van der Waals surface area (Å²) in [6.07, 6.45) is 1.63. The van der Waals surface area contributed by atoms with E-state index in [0.717, 1.165) is 5.39 Å². The van der Waals surface area contributed by atoms with Crippen LogP contribution in [0, 0.1) is 5.82 Å². The van der Waals surface area contributed by atoms with Gasteiger partial charge < -0.3 is 0 Å². The molecule has 0 unspecified atom stereocenters. The van der Waals surface area contributed by atoms with Crippen LogP contribution in [0.15, 0.2) is 30.5 Å². The van der Waals surface area contributed by atoms with E-state index in [-0.39, 0.29) is 5.82 Å². The number of hydrogen-bond donors (Lipinski definition) is 0. The van der Waals surface area contributed by atoms with Gasteiger partial charge in [0.1, 0.15) is 5.82 Å². The summed E-state index contributed by atoms with van der Waals surface area (Å²) in [5.41, 5.74) is 0.639. The molecule has 2 rings (SSSR count). The van der Waals surface area contributed by atoms with Crippen LogP contribution in [-0.4, -0.2) is 4.98 Å². The maximum absolute atomic E-state index is 12.8. The number of pyridine rings is 1. The maximum atomic E-state index is 12.8. The van der Waals surface area contributed by atoms with Gasteiger partial charge in [-0.25, -0.2) is 4.39 Å². The van der Waals surface area contributed by atoms with E-state index >= 15 is 0 Å². The van der Waals surface area contributed by atoms with E-state index in [9.17, 15) is 4.39 Å². The molecule has 0 spiro atoms. The van der Waals surface area contributed by atoms with E-state index in [1.165, 1.54) is 12.1 Å². The zero-order valence-corrected chi connectivity index (χ0v) is 6.85. The molecule has 0 amide bonds. The van der Waals surface area contributed by atoms with Gasteiger partial charge in [-0.3, -0.25) is 4.98 Å². The minimum atomic E-state index is -0.333. The van der Waals surface area contributed by atoms with E-state index in [4.69, 9.17) is 11.6 Å². The van der Waals surface area contributed by atoms with Crippen molar-refractivity contribution in [2.45, 2.75) is 0 Å². The van der Waals surface area contributed by atoms with E-state index in [0.29, 0.717) is 10.5 Å². The summed E-state index contributed by atoms with van der Waals surface area (Å²) in [5, 5.41) is 1.08. The summed E-state index contributed by atoms with van der Waals surface area (Å²) in [4.78, 5) is 4.02. The summed E-state index contributed by atoms with van der Waals surface area (Å²) in [7, 11) is 0. The molecule has 1 aromatic heterocycles. The Kier molecular flexibility index (Phi) is 1.70. The molecular weight excluding hydrogens is 177 g/mol. The second-order valence-electron chi connectivity index (χ2n) is 2.46. The van der Waals surface area contributed by atoms with E-state index in [1.54, 1.807) is 18.3 Å². The Morgan fingerprint density at radius 1 is 1.33 bits per heavy atom. The van der Waals surface area contributed by atoms with Gasteiger partial charge in [-0.05, 0) is 18.2 Å². The number of hydrogen-bond acceptors (Lipinski definition) is 1.